The van der Waals surface area contributed by atoms with Crippen LogP contribution in [0, 0.1) is 0 Å². The number of nitrogens with one attached hydrogen (secondary N) is 1. The van der Waals surface area contributed by atoms with Crippen LogP contribution >= 0.6 is 0 Å². The third-order valence-electron chi connectivity index (χ3n) is 3.19. The van der Waals surface area contributed by atoms with Gasteiger partial charge in [0.15, 0.2) is 5.69 Å². The first-order valence-electron chi connectivity index (χ1n) is 7.34. The number of ether oxygens (including phenoxy) is 1. The number of aromatic nitrogens is 1. The Morgan fingerprint density at radius 2 is 2.08 bits per heavy atom. The van der Waals surface area contributed by atoms with Gasteiger partial charge in [0, 0.05) is 0 Å². The highest BCUT2D eigenvalue weighted by molar-refractivity contribution is 5.94. The Morgan fingerprint density at radius 1 is 1.38 bits per heavy atom. The van der Waals surface area contributed by atoms with Crippen molar-refractivity contribution < 1.29 is 23.8 Å². The van der Waals surface area contributed by atoms with Gasteiger partial charge in [0.1, 0.15) is 25.0 Å². The summed E-state index contributed by atoms with van der Waals surface area (Å²) in [6.45, 7) is 1.27. The summed E-state index contributed by atoms with van der Waals surface area (Å²) in [5.74, 6) is -1.12. The van der Waals surface area contributed by atoms with Crippen LogP contribution in [0.15, 0.2) is 41.0 Å². The SMILES string of the molecule is CC(NC(=O)c1coc(C(N)CO)n1)C(=O)OCc1ccccc1. The Morgan fingerprint density at radius 3 is 2.75 bits per heavy atom. The maximum Gasteiger partial charge on any atom is 0.328 e. The molecule has 0 saturated carbocycles. The van der Waals surface area contributed by atoms with Gasteiger partial charge in [-0.05, 0) is 12.5 Å². The fraction of sp³-hybridized carbons (Fsp3) is 0.312. The van der Waals surface area contributed by atoms with E-state index in [-0.39, 0.29) is 24.8 Å². The molecule has 2 rings (SSSR count). The smallest absolute Gasteiger partial charge is 0.328 e. The van der Waals surface area contributed by atoms with E-state index in [1.54, 1.807) is 0 Å². The highest BCUT2D eigenvalue weighted by Crippen LogP contribution is 2.09. The van der Waals surface area contributed by atoms with E-state index in [1.165, 1.54) is 6.92 Å². The minimum absolute atomic E-state index is 0.0309. The minimum atomic E-state index is -0.854. The average Bonchev–Trinajstić information content (AvgIpc) is 3.10. The first-order chi connectivity index (χ1) is 11.5. The van der Waals surface area contributed by atoms with Crippen molar-refractivity contribution in [3.05, 3.63) is 53.7 Å². The number of hydrogen-bond donors (Lipinski definition) is 3. The quantitative estimate of drug-likeness (QED) is 0.630. The average molecular weight is 333 g/mol. The Kier molecular flexibility index (Phi) is 6.05. The van der Waals surface area contributed by atoms with E-state index in [0.717, 1.165) is 11.8 Å². The molecule has 2 atom stereocenters. The lowest BCUT2D eigenvalue weighted by molar-refractivity contribution is -0.146. The molecule has 0 bridgehead atoms. The van der Waals surface area contributed by atoms with Crippen molar-refractivity contribution in [2.75, 3.05) is 6.61 Å². The zero-order chi connectivity index (χ0) is 17.5. The first kappa shape index (κ1) is 17.6. The summed E-state index contributed by atoms with van der Waals surface area (Å²) in [6, 6.07) is 7.55. The fourth-order valence-corrected chi connectivity index (χ4v) is 1.82. The number of carbonyl (C=O) groups is 2. The summed E-state index contributed by atoms with van der Waals surface area (Å²) < 4.78 is 10.1. The predicted molar refractivity (Wildman–Crippen MR) is 83.7 cm³/mol. The number of rotatable bonds is 7. The molecule has 2 aromatic rings. The van der Waals surface area contributed by atoms with Crippen LogP contribution in [0.4, 0.5) is 0 Å². The molecule has 0 spiro atoms. The molecular weight excluding hydrogens is 314 g/mol. The highest BCUT2D eigenvalue weighted by atomic mass is 16.5. The van der Waals surface area contributed by atoms with E-state index in [9.17, 15) is 9.59 Å². The molecule has 4 N–H and O–H groups in total. The van der Waals surface area contributed by atoms with Gasteiger partial charge in [-0.1, -0.05) is 30.3 Å². The van der Waals surface area contributed by atoms with Gasteiger partial charge in [0.25, 0.3) is 5.91 Å². The van der Waals surface area contributed by atoms with Crippen LogP contribution in [0.25, 0.3) is 0 Å². The van der Waals surface area contributed by atoms with Crippen LogP contribution in [-0.2, 0) is 16.1 Å². The van der Waals surface area contributed by atoms with Crippen molar-refractivity contribution in [3.63, 3.8) is 0 Å². The van der Waals surface area contributed by atoms with E-state index < -0.39 is 24.0 Å². The lowest BCUT2D eigenvalue weighted by Gasteiger charge is -2.12. The molecule has 1 aromatic carbocycles. The van der Waals surface area contributed by atoms with Crippen LogP contribution < -0.4 is 11.1 Å². The van der Waals surface area contributed by atoms with Crippen LogP contribution in [0.2, 0.25) is 0 Å². The molecule has 128 valence electrons. The number of amides is 1. The van der Waals surface area contributed by atoms with Gasteiger partial charge < -0.3 is 25.3 Å². The normalized spacial score (nSPS) is 13.1. The molecule has 0 aliphatic heterocycles. The van der Waals surface area contributed by atoms with Gasteiger partial charge >= 0.3 is 5.97 Å². The summed E-state index contributed by atoms with van der Waals surface area (Å²) in [5.41, 5.74) is 6.36. The van der Waals surface area contributed by atoms with Crippen molar-refractivity contribution in [2.45, 2.75) is 25.6 Å². The maximum absolute atomic E-state index is 12.0. The van der Waals surface area contributed by atoms with Crippen molar-refractivity contribution in [2.24, 2.45) is 5.73 Å². The van der Waals surface area contributed by atoms with E-state index in [4.69, 9.17) is 20.0 Å². The van der Waals surface area contributed by atoms with Crippen molar-refractivity contribution in [1.82, 2.24) is 10.3 Å². The lowest BCUT2D eigenvalue weighted by atomic mass is 10.2. The Hall–Kier alpha value is -2.71. The number of hydrogen-bond acceptors (Lipinski definition) is 7. The minimum Gasteiger partial charge on any atom is -0.459 e. The van der Waals surface area contributed by atoms with Crippen LogP contribution in [-0.4, -0.2) is 34.6 Å². The van der Waals surface area contributed by atoms with E-state index in [1.807, 2.05) is 30.3 Å². The number of nitrogens with zero attached hydrogens (tertiary/aromatic N) is 1. The molecule has 2 unspecified atom stereocenters. The van der Waals surface area contributed by atoms with Crippen LogP contribution in [0.3, 0.4) is 0 Å². The second-order valence-corrected chi connectivity index (χ2v) is 5.15. The zero-order valence-corrected chi connectivity index (χ0v) is 13.1. The Labute approximate surface area is 138 Å². The number of aliphatic hydroxyl groups excluding tert-OH is 1. The Balaban J connectivity index is 1.86. The lowest BCUT2D eigenvalue weighted by Crippen LogP contribution is -2.39. The molecule has 8 heteroatoms. The number of aliphatic hydroxyl groups is 1. The van der Waals surface area contributed by atoms with Gasteiger partial charge in [-0.3, -0.25) is 4.79 Å². The molecule has 8 nitrogen and oxygen atoms in total. The summed E-state index contributed by atoms with van der Waals surface area (Å²) >= 11 is 0. The zero-order valence-electron chi connectivity index (χ0n) is 13.1. The Bertz CT molecular complexity index is 686. The summed E-state index contributed by atoms with van der Waals surface area (Å²) in [7, 11) is 0. The molecule has 0 saturated heterocycles. The number of nitrogens with two attached hydrogens (primary N) is 1. The van der Waals surface area contributed by atoms with Gasteiger partial charge in [-0.15, -0.1) is 0 Å². The molecule has 0 aliphatic rings. The third kappa shape index (κ3) is 4.64. The standard InChI is InChI=1S/C16H19N3O5/c1-10(16(22)24-8-11-5-3-2-4-6-11)18-14(21)13-9-23-15(19-13)12(17)7-20/h2-6,9-10,12,20H,7-8,17H2,1H3,(H,18,21). The molecule has 0 radical (unpaired) electrons. The highest BCUT2D eigenvalue weighted by Gasteiger charge is 2.21. The summed E-state index contributed by atoms with van der Waals surface area (Å²) in [5, 5.41) is 11.4. The molecule has 1 aromatic heterocycles. The van der Waals surface area contributed by atoms with E-state index in [0.29, 0.717) is 0 Å². The van der Waals surface area contributed by atoms with Crippen LogP contribution in [0.5, 0.6) is 0 Å². The van der Waals surface area contributed by atoms with Gasteiger partial charge in [-0.2, -0.15) is 0 Å². The van der Waals surface area contributed by atoms with Gasteiger partial charge in [0.05, 0.1) is 6.61 Å². The molecule has 1 heterocycles. The number of oxazole rings is 1. The topological polar surface area (TPSA) is 128 Å². The number of benzene rings is 1. The third-order valence-corrected chi connectivity index (χ3v) is 3.19. The number of carbonyl (C=O) groups excluding carboxylic acids is 2. The summed E-state index contributed by atoms with van der Waals surface area (Å²) in [4.78, 5) is 27.8. The maximum atomic E-state index is 12.0. The fourth-order valence-electron chi connectivity index (χ4n) is 1.82. The van der Waals surface area contributed by atoms with Crippen LogP contribution in [0.1, 0.15) is 34.9 Å². The monoisotopic (exact) mass is 333 g/mol. The van der Waals surface area contributed by atoms with E-state index in [2.05, 4.69) is 10.3 Å². The predicted octanol–water partition coefficient (Wildman–Crippen LogP) is 0.528. The molecule has 0 fully saturated rings. The second-order valence-electron chi connectivity index (χ2n) is 5.15. The van der Waals surface area contributed by atoms with E-state index >= 15 is 0 Å². The van der Waals surface area contributed by atoms with Crippen molar-refractivity contribution in [3.8, 4) is 0 Å². The first-order valence-corrected chi connectivity index (χ1v) is 7.34. The van der Waals surface area contributed by atoms with Gasteiger partial charge in [-0.25, -0.2) is 9.78 Å². The molecular formula is C16H19N3O5. The number of esters is 1. The molecule has 0 aliphatic carbocycles. The van der Waals surface area contributed by atoms with Crippen molar-refractivity contribution in [1.29, 1.82) is 0 Å². The molecule has 1 amide bonds. The molecule has 24 heavy (non-hydrogen) atoms. The second kappa shape index (κ2) is 8.23. The van der Waals surface area contributed by atoms with Crippen molar-refractivity contribution >= 4 is 11.9 Å². The van der Waals surface area contributed by atoms with Gasteiger partial charge in [0.2, 0.25) is 5.89 Å². The largest absolute Gasteiger partial charge is 0.459 e. The summed E-state index contributed by atoms with van der Waals surface area (Å²) in [6.07, 6.45) is 1.11.